The molecule has 2 saturated heterocycles. The van der Waals surface area contributed by atoms with Crippen LogP contribution >= 0.6 is 0 Å². The van der Waals surface area contributed by atoms with Crippen LogP contribution in [0.2, 0.25) is 0 Å². The van der Waals surface area contributed by atoms with Crippen LogP contribution < -0.4 is 0 Å². The molecule has 2 aliphatic rings. The van der Waals surface area contributed by atoms with Gasteiger partial charge in [-0.25, -0.2) is 28.7 Å². The summed E-state index contributed by atoms with van der Waals surface area (Å²) < 4.78 is 24.4. The minimum atomic E-state index is -0.568. The third kappa shape index (κ3) is 2.65. The first-order valence-electron chi connectivity index (χ1n) is 7.33. The van der Waals surface area contributed by atoms with Gasteiger partial charge in [-0.1, -0.05) is 0 Å². The number of nitrogens with zero attached hydrogens (tertiary/aromatic N) is 4. The summed E-state index contributed by atoms with van der Waals surface area (Å²) in [6.45, 7) is 0.351. The molecule has 4 atom stereocenters. The molecular weight excluding hydrogens is 320 g/mol. The second-order valence-electron chi connectivity index (χ2n) is 5.38. The van der Waals surface area contributed by atoms with E-state index in [1.54, 1.807) is 0 Å². The van der Waals surface area contributed by atoms with Crippen molar-refractivity contribution in [3.8, 4) is 0 Å². The topological polar surface area (TPSA) is 107 Å². The van der Waals surface area contributed by atoms with Gasteiger partial charge >= 0.3 is 12.2 Å². The van der Waals surface area contributed by atoms with E-state index in [1.165, 1.54) is 46.6 Å². The number of imidazole rings is 2. The van der Waals surface area contributed by atoms with Gasteiger partial charge in [0.05, 0.1) is 13.2 Å². The lowest BCUT2D eigenvalue weighted by Gasteiger charge is -2.17. The fraction of sp³-hybridized carbons (Fsp3) is 0.429. The molecule has 2 aromatic rings. The lowest BCUT2D eigenvalue weighted by molar-refractivity contribution is -0.0115. The van der Waals surface area contributed by atoms with E-state index in [0.717, 1.165) is 0 Å². The zero-order chi connectivity index (χ0) is 16.5. The highest BCUT2D eigenvalue weighted by Crippen LogP contribution is 2.31. The van der Waals surface area contributed by atoms with Gasteiger partial charge < -0.3 is 18.9 Å². The molecule has 126 valence electrons. The second-order valence-corrected chi connectivity index (χ2v) is 5.38. The van der Waals surface area contributed by atoms with Crippen LogP contribution in [0, 0.1) is 0 Å². The number of ether oxygens (including phenoxy) is 4. The zero-order valence-corrected chi connectivity index (χ0v) is 12.4. The van der Waals surface area contributed by atoms with Crippen LogP contribution in [0.1, 0.15) is 0 Å². The molecule has 0 saturated carbocycles. The molecule has 0 radical (unpaired) electrons. The third-order valence-electron chi connectivity index (χ3n) is 3.90. The molecule has 0 spiro atoms. The predicted molar refractivity (Wildman–Crippen MR) is 75.3 cm³/mol. The van der Waals surface area contributed by atoms with Gasteiger partial charge in [0.15, 0.2) is 12.2 Å². The molecule has 0 aliphatic carbocycles. The first-order chi connectivity index (χ1) is 11.7. The Hall–Kier alpha value is -2.72. The molecule has 0 unspecified atom stereocenters. The van der Waals surface area contributed by atoms with Gasteiger partial charge in [0.2, 0.25) is 0 Å². The van der Waals surface area contributed by atoms with Crippen LogP contribution in [0.5, 0.6) is 0 Å². The van der Waals surface area contributed by atoms with Crippen molar-refractivity contribution in [2.45, 2.75) is 24.4 Å². The van der Waals surface area contributed by atoms with Crippen LogP contribution in [0.3, 0.4) is 0 Å². The van der Waals surface area contributed by atoms with Gasteiger partial charge in [0.1, 0.15) is 24.9 Å². The quantitative estimate of drug-likeness (QED) is 0.771. The van der Waals surface area contributed by atoms with Gasteiger partial charge in [-0.3, -0.25) is 0 Å². The molecule has 2 aromatic heterocycles. The number of fused-ring (bicyclic) bond motifs is 1. The first kappa shape index (κ1) is 14.8. The summed E-state index contributed by atoms with van der Waals surface area (Å²) in [5, 5.41) is 0. The molecule has 10 nitrogen and oxygen atoms in total. The Bertz CT molecular complexity index is 653. The van der Waals surface area contributed by atoms with Crippen molar-refractivity contribution >= 4 is 12.2 Å². The van der Waals surface area contributed by atoms with E-state index < -0.39 is 36.6 Å². The van der Waals surface area contributed by atoms with Crippen molar-refractivity contribution in [1.82, 2.24) is 19.1 Å². The number of carbonyl (C=O) groups excluding carboxylic acids is 2. The van der Waals surface area contributed by atoms with Crippen LogP contribution in [0.15, 0.2) is 37.4 Å². The van der Waals surface area contributed by atoms with E-state index in [0.29, 0.717) is 0 Å². The predicted octanol–water partition coefficient (Wildman–Crippen LogP) is 0.284. The summed E-state index contributed by atoms with van der Waals surface area (Å²) in [5.41, 5.74) is 0. The minimum absolute atomic E-state index is 0.175. The lowest BCUT2D eigenvalue weighted by Crippen LogP contribution is -2.36. The number of hydrogen-bond acceptors (Lipinski definition) is 8. The van der Waals surface area contributed by atoms with E-state index in [2.05, 4.69) is 9.97 Å². The van der Waals surface area contributed by atoms with Crippen molar-refractivity contribution in [3.63, 3.8) is 0 Å². The zero-order valence-electron chi connectivity index (χ0n) is 12.4. The molecule has 10 heteroatoms. The Morgan fingerprint density at radius 2 is 1.33 bits per heavy atom. The van der Waals surface area contributed by atoms with Crippen molar-refractivity contribution < 1.29 is 28.5 Å². The van der Waals surface area contributed by atoms with Crippen molar-refractivity contribution in [2.75, 3.05) is 13.2 Å². The Morgan fingerprint density at radius 1 is 0.875 bits per heavy atom. The highest BCUT2D eigenvalue weighted by molar-refractivity contribution is 5.71. The van der Waals surface area contributed by atoms with E-state index in [1.807, 2.05) is 0 Å². The molecule has 0 bridgehead atoms. The van der Waals surface area contributed by atoms with Crippen LogP contribution in [0.4, 0.5) is 9.59 Å². The number of carbonyl (C=O) groups is 2. The number of rotatable bonds is 2. The fourth-order valence-electron chi connectivity index (χ4n) is 2.75. The average Bonchev–Trinajstić information content (AvgIpc) is 3.36. The normalized spacial score (nSPS) is 28.5. The highest BCUT2D eigenvalue weighted by Gasteiger charge is 2.51. The van der Waals surface area contributed by atoms with E-state index in [9.17, 15) is 9.59 Å². The van der Waals surface area contributed by atoms with Gasteiger partial charge in [-0.15, -0.1) is 0 Å². The fourth-order valence-corrected chi connectivity index (χ4v) is 2.75. The molecule has 2 fully saturated rings. The Morgan fingerprint density at radius 3 is 1.71 bits per heavy atom. The third-order valence-corrected chi connectivity index (χ3v) is 3.90. The molecule has 4 rings (SSSR count). The molecule has 0 amide bonds. The Labute approximate surface area is 135 Å². The summed E-state index contributed by atoms with van der Waals surface area (Å²) in [5.74, 6) is 0. The monoisotopic (exact) mass is 334 g/mol. The summed E-state index contributed by atoms with van der Waals surface area (Å²) in [4.78, 5) is 31.5. The maximum Gasteiger partial charge on any atom is 0.419 e. The smallest absolute Gasteiger partial charge is 0.419 e. The number of hydrogen-bond donors (Lipinski definition) is 0. The summed E-state index contributed by atoms with van der Waals surface area (Å²) in [6.07, 6.45) is 5.41. The molecular formula is C14H14N4O6. The standard InChI is InChI=1S/C14H14N4O6/c19-13(17-3-1-15-7-17)23-9-5-21-12-10(6-22-11(9)12)24-14(20)18-4-2-16-8-18/h1-4,7-12H,5-6H2/t9-,10+,11-,12-/m1/s1. The Kier molecular flexibility index (Phi) is 3.75. The van der Waals surface area contributed by atoms with Gasteiger partial charge in [-0.05, 0) is 0 Å². The molecule has 2 aliphatic heterocycles. The van der Waals surface area contributed by atoms with Crippen molar-refractivity contribution in [1.29, 1.82) is 0 Å². The van der Waals surface area contributed by atoms with E-state index in [-0.39, 0.29) is 13.2 Å². The van der Waals surface area contributed by atoms with Crippen molar-refractivity contribution in [3.05, 3.63) is 37.4 Å². The van der Waals surface area contributed by atoms with E-state index >= 15 is 0 Å². The highest BCUT2D eigenvalue weighted by atomic mass is 16.7. The van der Waals surface area contributed by atoms with Gasteiger partial charge in [-0.2, -0.15) is 0 Å². The molecule has 4 heterocycles. The lowest BCUT2D eigenvalue weighted by atomic mass is 10.1. The largest absolute Gasteiger partial charge is 0.440 e. The van der Waals surface area contributed by atoms with Crippen LogP contribution in [0.25, 0.3) is 0 Å². The summed E-state index contributed by atoms with van der Waals surface area (Å²) in [6, 6.07) is 0. The molecule has 0 N–H and O–H groups in total. The van der Waals surface area contributed by atoms with Gasteiger partial charge in [0, 0.05) is 24.8 Å². The first-order valence-corrected chi connectivity index (χ1v) is 7.33. The maximum atomic E-state index is 12.0. The van der Waals surface area contributed by atoms with Crippen LogP contribution in [-0.4, -0.2) is 68.9 Å². The second kappa shape index (κ2) is 6.06. The summed E-state index contributed by atoms with van der Waals surface area (Å²) >= 11 is 0. The molecule has 24 heavy (non-hydrogen) atoms. The van der Waals surface area contributed by atoms with Crippen LogP contribution in [-0.2, 0) is 18.9 Å². The molecule has 0 aromatic carbocycles. The number of aromatic nitrogens is 4. The maximum absolute atomic E-state index is 12.0. The average molecular weight is 334 g/mol. The Balaban J connectivity index is 1.37. The minimum Gasteiger partial charge on any atom is -0.440 e. The SMILES string of the molecule is O=C(O[C@H]1CO[C@H]2[C@@H]1OC[C@H]2OC(=O)n1ccnc1)n1ccnc1. The van der Waals surface area contributed by atoms with E-state index in [4.69, 9.17) is 18.9 Å². The van der Waals surface area contributed by atoms with Gasteiger partial charge in [0.25, 0.3) is 0 Å². The summed E-state index contributed by atoms with van der Waals surface area (Å²) in [7, 11) is 0. The van der Waals surface area contributed by atoms with Crippen molar-refractivity contribution in [2.24, 2.45) is 0 Å².